The van der Waals surface area contributed by atoms with Gasteiger partial charge in [-0.25, -0.2) is 4.79 Å². The van der Waals surface area contributed by atoms with Crippen LogP contribution in [0.3, 0.4) is 0 Å². The minimum Gasteiger partial charge on any atom is -0.465 e. The predicted octanol–water partition coefficient (Wildman–Crippen LogP) is 2.51. The Morgan fingerprint density at radius 2 is 2.22 bits per heavy atom. The zero-order valence-corrected chi connectivity index (χ0v) is 10.7. The van der Waals surface area contributed by atoms with Crippen molar-refractivity contribution in [1.29, 1.82) is 0 Å². The zero-order valence-electron chi connectivity index (χ0n) is 9.93. The zero-order chi connectivity index (χ0) is 13.7. The van der Waals surface area contributed by atoms with E-state index in [0.29, 0.717) is 10.6 Å². The van der Waals surface area contributed by atoms with Gasteiger partial charge < -0.3 is 9.46 Å². The molecule has 1 rings (SSSR count). The molecule has 0 heterocycles. The molecule has 18 heavy (non-hydrogen) atoms. The van der Waals surface area contributed by atoms with Gasteiger partial charge in [-0.15, -0.1) is 0 Å². The molecule has 0 bridgehead atoms. The van der Waals surface area contributed by atoms with Crippen LogP contribution in [0.25, 0.3) is 0 Å². The molecule has 1 aromatic carbocycles. The van der Waals surface area contributed by atoms with Gasteiger partial charge in [0.15, 0.2) is 0 Å². The number of nitrogens with one attached hydrogen (secondary N) is 1. The maximum atomic E-state index is 11.3. The van der Waals surface area contributed by atoms with E-state index in [1.807, 2.05) is 0 Å². The van der Waals surface area contributed by atoms with Gasteiger partial charge in [0, 0.05) is 11.8 Å². The SMILES string of the molecule is C=C(C)NSc1ccc(C(=O)OC)cc1[N+](=O)[O-]. The van der Waals surface area contributed by atoms with Crippen LogP contribution in [0.4, 0.5) is 5.69 Å². The van der Waals surface area contributed by atoms with E-state index < -0.39 is 10.9 Å². The molecule has 0 amide bonds. The van der Waals surface area contributed by atoms with Crippen LogP contribution in [0.5, 0.6) is 0 Å². The molecular weight excluding hydrogens is 256 g/mol. The smallest absolute Gasteiger partial charge is 0.338 e. The molecule has 0 aliphatic carbocycles. The van der Waals surface area contributed by atoms with Crippen LogP contribution in [-0.4, -0.2) is 18.0 Å². The lowest BCUT2D eigenvalue weighted by Crippen LogP contribution is -2.04. The molecule has 1 aromatic rings. The highest BCUT2D eigenvalue weighted by molar-refractivity contribution is 7.97. The number of nitro benzene ring substituents is 1. The van der Waals surface area contributed by atoms with E-state index in [1.165, 1.54) is 25.3 Å². The lowest BCUT2D eigenvalue weighted by atomic mass is 10.2. The summed E-state index contributed by atoms with van der Waals surface area (Å²) in [6, 6.07) is 4.15. The summed E-state index contributed by atoms with van der Waals surface area (Å²) in [5, 5.41) is 10.9. The molecule has 1 N–H and O–H groups in total. The van der Waals surface area contributed by atoms with Gasteiger partial charge in [0.1, 0.15) is 4.90 Å². The Balaban J connectivity index is 3.08. The fourth-order valence-corrected chi connectivity index (χ4v) is 1.79. The molecule has 0 aromatic heterocycles. The van der Waals surface area contributed by atoms with E-state index in [0.717, 1.165) is 11.9 Å². The molecule has 0 saturated heterocycles. The normalized spacial score (nSPS) is 9.67. The number of hydrogen-bond acceptors (Lipinski definition) is 6. The highest BCUT2D eigenvalue weighted by atomic mass is 32.2. The molecule has 96 valence electrons. The monoisotopic (exact) mass is 268 g/mol. The van der Waals surface area contributed by atoms with Crippen LogP contribution in [-0.2, 0) is 4.74 Å². The Morgan fingerprint density at radius 3 is 2.72 bits per heavy atom. The highest BCUT2D eigenvalue weighted by Gasteiger charge is 2.18. The van der Waals surface area contributed by atoms with Crippen molar-refractivity contribution in [3.8, 4) is 0 Å². The Bertz CT molecular complexity index is 502. The number of nitro groups is 1. The molecule has 0 aliphatic heterocycles. The Kier molecular flexibility index (Phi) is 4.73. The van der Waals surface area contributed by atoms with E-state index >= 15 is 0 Å². The van der Waals surface area contributed by atoms with Crippen molar-refractivity contribution in [2.75, 3.05) is 7.11 Å². The summed E-state index contributed by atoms with van der Waals surface area (Å²) in [6.07, 6.45) is 0. The number of methoxy groups -OCH3 is 1. The minimum atomic E-state index is -0.609. The molecule has 0 radical (unpaired) electrons. The first kappa shape index (κ1) is 14.0. The van der Waals surface area contributed by atoms with Crippen LogP contribution < -0.4 is 4.72 Å². The van der Waals surface area contributed by atoms with Gasteiger partial charge >= 0.3 is 5.97 Å². The van der Waals surface area contributed by atoms with Crippen LogP contribution in [0.15, 0.2) is 35.4 Å². The number of hydrogen-bond donors (Lipinski definition) is 1. The topological polar surface area (TPSA) is 81.5 Å². The van der Waals surface area contributed by atoms with Crippen LogP contribution in [0.1, 0.15) is 17.3 Å². The van der Waals surface area contributed by atoms with Crippen molar-refractivity contribution in [2.24, 2.45) is 0 Å². The first-order valence-electron chi connectivity index (χ1n) is 4.91. The fourth-order valence-electron chi connectivity index (χ4n) is 1.13. The summed E-state index contributed by atoms with van der Waals surface area (Å²) < 4.78 is 7.33. The van der Waals surface area contributed by atoms with Gasteiger partial charge in [-0.1, -0.05) is 6.58 Å². The number of allylic oxidation sites excluding steroid dienone is 1. The standard InChI is InChI=1S/C11H12N2O4S/c1-7(2)12-18-10-5-4-8(11(14)17-3)6-9(10)13(15)16/h4-6,12H,1H2,2-3H3. The first-order chi connectivity index (χ1) is 8.45. The molecule has 0 fully saturated rings. The van der Waals surface area contributed by atoms with Crippen molar-refractivity contribution < 1.29 is 14.5 Å². The number of benzene rings is 1. The Labute approximate surface area is 108 Å². The van der Waals surface area contributed by atoms with Crippen molar-refractivity contribution in [2.45, 2.75) is 11.8 Å². The third-order valence-electron chi connectivity index (χ3n) is 1.91. The number of ether oxygens (including phenoxy) is 1. The molecule has 0 spiro atoms. The van der Waals surface area contributed by atoms with E-state index in [-0.39, 0.29) is 11.3 Å². The Hall–Kier alpha value is -2.02. The van der Waals surface area contributed by atoms with Crippen molar-refractivity contribution in [3.63, 3.8) is 0 Å². The first-order valence-corrected chi connectivity index (χ1v) is 5.72. The second-order valence-corrected chi connectivity index (χ2v) is 4.26. The predicted molar refractivity (Wildman–Crippen MR) is 68.2 cm³/mol. The van der Waals surface area contributed by atoms with E-state index in [1.54, 1.807) is 6.92 Å². The quantitative estimate of drug-likeness (QED) is 0.382. The van der Waals surface area contributed by atoms with Crippen LogP contribution in [0.2, 0.25) is 0 Å². The van der Waals surface area contributed by atoms with Crippen LogP contribution >= 0.6 is 11.9 Å². The largest absolute Gasteiger partial charge is 0.465 e. The minimum absolute atomic E-state index is 0.142. The highest BCUT2D eigenvalue weighted by Crippen LogP contribution is 2.29. The summed E-state index contributed by atoms with van der Waals surface area (Å²) >= 11 is 1.07. The second kappa shape index (κ2) is 6.06. The summed E-state index contributed by atoms with van der Waals surface area (Å²) in [7, 11) is 1.22. The molecular formula is C11H12N2O4S. The maximum Gasteiger partial charge on any atom is 0.338 e. The summed E-state index contributed by atoms with van der Waals surface area (Å²) in [5.41, 5.74) is 0.659. The second-order valence-electron chi connectivity index (χ2n) is 3.42. The van der Waals surface area contributed by atoms with E-state index in [2.05, 4.69) is 16.0 Å². The van der Waals surface area contributed by atoms with Crippen LogP contribution in [0, 0.1) is 10.1 Å². The van der Waals surface area contributed by atoms with Gasteiger partial charge in [0.05, 0.1) is 17.6 Å². The molecule has 0 unspecified atom stereocenters. The Morgan fingerprint density at radius 1 is 1.56 bits per heavy atom. The van der Waals surface area contributed by atoms with Crippen molar-refractivity contribution in [1.82, 2.24) is 4.72 Å². The van der Waals surface area contributed by atoms with E-state index in [9.17, 15) is 14.9 Å². The molecule has 6 nitrogen and oxygen atoms in total. The number of esters is 1. The number of carbonyl (C=O) groups is 1. The molecule has 7 heteroatoms. The van der Waals surface area contributed by atoms with Gasteiger partial charge in [-0.2, -0.15) is 0 Å². The number of carbonyl (C=O) groups excluding carboxylic acids is 1. The van der Waals surface area contributed by atoms with Crippen molar-refractivity contribution >= 4 is 23.6 Å². The molecule has 0 aliphatic rings. The average molecular weight is 268 g/mol. The fraction of sp³-hybridized carbons (Fsp3) is 0.182. The lowest BCUT2D eigenvalue weighted by molar-refractivity contribution is -0.387. The summed E-state index contributed by atoms with van der Waals surface area (Å²) in [4.78, 5) is 22.1. The van der Waals surface area contributed by atoms with Gasteiger partial charge in [0.2, 0.25) is 0 Å². The average Bonchev–Trinajstić information content (AvgIpc) is 2.34. The van der Waals surface area contributed by atoms with Gasteiger partial charge in [0.25, 0.3) is 5.69 Å². The van der Waals surface area contributed by atoms with Gasteiger partial charge in [-0.05, 0) is 31.0 Å². The third-order valence-corrected chi connectivity index (χ3v) is 2.93. The van der Waals surface area contributed by atoms with Gasteiger partial charge in [-0.3, -0.25) is 10.1 Å². The molecule has 0 atom stereocenters. The summed E-state index contributed by atoms with van der Waals surface area (Å²) in [6.45, 7) is 5.37. The van der Waals surface area contributed by atoms with E-state index in [4.69, 9.17) is 0 Å². The lowest BCUT2D eigenvalue weighted by Gasteiger charge is -2.06. The summed E-state index contributed by atoms with van der Waals surface area (Å²) in [5.74, 6) is -0.609. The number of nitrogens with zero attached hydrogens (tertiary/aromatic N) is 1. The van der Waals surface area contributed by atoms with Crippen molar-refractivity contribution in [3.05, 3.63) is 46.2 Å². The number of rotatable bonds is 5. The molecule has 0 saturated carbocycles. The maximum absolute atomic E-state index is 11.3. The third kappa shape index (κ3) is 3.49.